The second-order valence-corrected chi connectivity index (χ2v) is 4.02. The minimum Gasteiger partial charge on any atom is -0.354 e. The van der Waals surface area contributed by atoms with E-state index < -0.39 is 0 Å². The molecule has 78 valence electrons. The quantitative estimate of drug-likeness (QED) is 0.782. The summed E-state index contributed by atoms with van der Waals surface area (Å²) in [5.41, 5.74) is 0.969. The number of nitrogens with one attached hydrogen (secondary N) is 1. The van der Waals surface area contributed by atoms with Crippen molar-refractivity contribution in [3.8, 4) is 0 Å². The Balaban J connectivity index is 2.71. The second kappa shape index (κ2) is 5.15. The summed E-state index contributed by atoms with van der Waals surface area (Å²) in [6, 6.07) is 1.79. The predicted molar refractivity (Wildman–Crippen MR) is 59.7 cm³/mol. The van der Waals surface area contributed by atoms with Gasteiger partial charge >= 0.3 is 0 Å². The first-order chi connectivity index (χ1) is 6.61. The lowest BCUT2D eigenvalue weighted by Gasteiger charge is -2.08. The van der Waals surface area contributed by atoms with Gasteiger partial charge in [-0.25, -0.2) is 9.97 Å². The van der Waals surface area contributed by atoms with E-state index in [1.165, 1.54) is 0 Å². The van der Waals surface area contributed by atoms with Crippen molar-refractivity contribution in [2.75, 3.05) is 11.9 Å². The predicted octanol–water partition coefficient (Wildman–Crippen LogP) is 2.76. The van der Waals surface area contributed by atoms with Gasteiger partial charge in [-0.05, 0) is 18.4 Å². The van der Waals surface area contributed by atoms with Crippen molar-refractivity contribution in [3.05, 3.63) is 16.9 Å². The standard InChI is InChI=1S/C10H16ClN3/c1-4-8-5-9(11)14-10(13-8)12-6-7(2)3/h5,7H,4,6H2,1-3H3,(H,12,13,14). The molecule has 0 bridgehead atoms. The van der Waals surface area contributed by atoms with Gasteiger partial charge in [0.25, 0.3) is 0 Å². The van der Waals surface area contributed by atoms with Gasteiger partial charge in [0.1, 0.15) is 5.15 Å². The Morgan fingerprint density at radius 3 is 2.71 bits per heavy atom. The fraction of sp³-hybridized carbons (Fsp3) is 0.600. The Labute approximate surface area is 89.9 Å². The maximum absolute atomic E-state index is 5.85. The van der Waals surface area contributed by atoms with E-state index in [0.717, 1.165) is 18.7 Å². The van der Waals surface area contributed by atoms with E-state index in [9.17, 15) is 0 Å². The van der Waals surface area contributed by atoms with Crippen molar-refractivity contribution in [1.29, 1.82) is 0 Å². The summed E-state index contributed by atoms with van der Waals surface area (Å²) in [4.78, 5) is 8.41. The van der Waals surface area contributed by atoms with Crippen molar-refractivity contribution >= 4 is 17.5 Å². The number of rotatable bonds is 4. The fourth-order valence-electron chi connectivity index (χ4n) is 1.02. The molecular formula is C10H16ClN3. The maximum Gasteiger partial charge on any atom is 0.224 e. The molecule has 4 heteroatoms. The van der Waals surface area contributed by atoms with Crippen LogP contribution < -0.4 is 5.32 Å². The number of aryl methyl sites for hydroxylation is 1. The zero-order chi connectivity index (χ0) is 10.6. The third kappa shape index (κ3) is 3.50. The molecule has 1 aromatic heterocycles. The summed E-state index contributed by atoms with van der Waals surface area (Å²) in [6.07, 6.45) is 0.874. The third-order valence-electron chi connectivity index (χ3n) is 1.78. The van der Waals surface area contributed by atoms with Crippen molar-refractivity contribution in [3.63, 3.8) is 0 Å². The Kier molecular flexibility index (Phi) is 4.14. The fourth-order valence-corrected chi connectivity index (χ4v) is 1.23. The van der Waals surface area contributed by atoms with Gasteiger partial charge in [-0.15, -0.1) is 0 Å². The molecule has 0 fully saturated rings. The minimum absolute atomic E-state index is 0.503. The first kappa shape index (κ1) is 11.2. The molecule has 1 aromatic rings. The van der Waals surface area contributed by atoms with E-state index in [0.29, 0.717) is 17.0 Å². The van der Waals surface area contributed by atoms with Crippen LogP contribution in [0.2, 0.25) is 5.15 Å². The highest BCUT2D eigenvalue weighted by molar-refractivity contribution is 6.29. The van der Waals surface area contributed by atoms with Crippen LogP contribution in [0.5, 0.6) is 0 Å². The van der Waals surface area contributed by atoms with E-state index in [-0.39, 0.29) is 0 Å². The summed E-state index contributed by atoms with van der Waals surface area (Å²) in [5.74, 6) is 1.20. The zero-order valence-electron chi connectivity index (χ0n) is 8.84. The molecule has 0 spiro atoms. The lowest BCUT2D eigenvalue weighted by atomic mass is 10.2. The van der Waals surface area contributed by atoms with Crippen LogP contribution in [0, 0.1) is 5.92 Å². The SMILES string of the molecule is CCc1cc(Cl)nc(NCC(C)C)n1. The van der Waals surface area contributed by atoms with Gasteiger partial charge in [-0.3, -0.25) is 0 Å². The van der Waals surface area contributed by atoms with Crippen molar-refractivity contribution in [2.45, 2.75) is 27.2 Å². The normalized spacial score (nSPS) is 10.6. The van der Waals surface area contributed by atoms with E-state index in [2.05, 4.69) is 29.1 Å². The molecule has 14 heavy (non-hydrogen) atoms. The molecule has 0 atom stereocenters. The van der Waals surface area contributed by atoms with Crippen LogP contribution in [-0.2, 0) is 6.42 Å². The number of anilines is 1. The van der Waals surface area contributed by atoms with Gasteiger partial charge in [-0.2, -0.15) is 0 Å². The zero-order valence-corrected chi connectivity index (χ0v) is 9.60. The highest BCUT2D eigenvalue weighted by Gasteiger charge is 2.02. The van der Waals surface area contributed by atoms with Crippen molar-refractivity contribution < 1.29 is 0 Å². The molecule has 1 N–H and O–H groups in total. The van der Waals surface area contributed by atoms with E-state index in [1.807, 2.05) is 6.92 Å². The summed E-state index contributed by atoms with van der Waals surface area (Å²) in [7, 11) is 0. The third-order valence-corrected chi connectivity index (χ3v) is 1.97. The highest BCUT2D eigenvalue weighted by Crippen LogP contribution is 2.11. The summed E-state index contributed by atoms with van der Waals surface area (Å²) < 4.78 is 0. The molecule has 0 amide bonds. The highest BCUT2D eigenvalue weighted by atomic mass is 35.5. The lowest BCUT2D eigenvalue weighted by Crippen LogP contribution is -2.11. The maximum atomic E-state index is 5.85. The number of nitrogens with zero attached hydrogens (tertiary/aromatic N) is 2. The van der Waals surface area contributed by atoms with Gasteiger partial charge in [-0.1, -0.05) is 32.4 Å². The van der Waals surface area contributed by atoms with E-state index >= 15 is 0 Å². The summed E-state index contributed by atoms with van der Waals surface area (Å²) >= 11 is 5.85. The van der Waals surface area contributed by atoms with Gasteiger partial charge in [0.2, 0.25) is 5.95 Å². The number of hydrogen-bond acceptors (Lipinski definition) is 3. The Bertz CT molecular complexity index is 299. The molecular weight excluding hydrogens is 198 g/mol. The largest absolute Gasteiger partial charge is 0.354 e. The van der Waals surface area contributed by atoms with Gasteiger partial charge in [0, 0.05) is 12.2 Å². The Hall–Kier alpha value is -0.830. The van der Waals surface area contributed by atoms with Gasteiger partial charge in [0.15, 0.2) is 0 Å². The summed E-state index contributed by atoms with van der Waals surface area (Å²) in [5, 5.41) is 3.66. The van der Waals surface area contributed by atoms with Crippen LogP contribution >= 0.6 is 11.6 Å². The van der Waals surface area contributed by atoms with E-state index in [4.69, 9.17) is 11.6 Å². The molecule has 0 aliphatic rings. The average Bonchev–Trinajstić information content (AvgIpc) is 2.14. The van der Waals surface area contributed by atoms with Gasteiger partial charge in [0.05, 0.1) is 0 Å². The van der Waals surface area contributed by atoms with Crippen LogP contribution in [0.3, 0.4) is 0 Å². The van der Waals surface area contributed by atoms with Crippen molar-refractivity contribution in [2.24, 2.45) is 5.92 Å². The van der Waals surface area contributed by atoms with Crippen molar-refractivity contribution in [1.82, 2.24) is 9.97 Å². The second-order valence-electron chi connectivity index (χ2n) is 3.63. The molecule has 0 unspecified atom stereocenters. The van der Waals surface area contributed by atoms with Gasteiger partial charge < -0.3 is 5.32 Å². The molecule has 0 radical (unpaired) electrons. The Morgan fingerprint density at radius 2 is 2.14 bits per heavy atom. The van der Waals surface area contributed by atoms with Crippen LogP contribution in [0.1, 0.15) is 26.5 Å². The molecule has 0 aliphatic heterocycles. The van der Waals surface area contributed by atoms with Crippen LogP contribution in [0.25, 0.3) is 0 Å². The molecule has 3 nitrogen and oxygen atoms in total. The monoisotopic (exact) mass is 213 g/mol. The molecule has 0 aliphatic carbocycles. The summed E-state index contributed by atoms with van der Waals surface area (Å²) in [6.45, 7) is 7.19. The molecule has 1 heterocycles. The first-order valence-electron chi connectivity index (χ1n) is 4.89. The van der Waals surface area contributed by atoms with Crippen LogP contribution in [0.4, 0.5) is 5.95 Å². The topological polar surface area (TPSA) is 37.8 Å². The van der Waals surface area contributed by atoms with Crippen LogP contribution in [0.15, 0.2) is 6.07 Å². The molecule has 0 saturated carbocycles. The molecule has 0 saturated heterocycles. The number of halogens is 1. The number of aromatic nitrogens is 2. The molecule has 1 rings (SSSR count). The minimum atomic E-state index is 0.503. The average molecular weight is 214 g/mol. The first-order valence-corrected chi connectivity index (χ1v) is 5.27. The lowest BCUT2D eigenvalue weighted by molar-refractivity contribution is 0.684. The Morgan fingerprint density at radius 1 is 1.43 bits per heavy atom. The van der Waals surface area contributed by atoms with E-state index in [1.54, 1.807) is 6.07 Å². The smallest absolute Gasteiger partial charge is 0.224 e. The van der Waals surface area contributed by atoms with Crippen LogP contribution in [-0.4, -0.2) is 16.5 Å². The molecule has 0 aromatic carbocycles. The number of hydrogen-bond donors (Lipinski definition) is 1.